The largest absolute Gasteiger partial charge is 0.315 e. The minimum absolute atomic E-state index is 0.502. The molecule has 2 unspecified atom stereocenters. The molecule has 0 aliphatic heterocycles. The van der Waals surface area contributed by atoms with Crippen LogP contribution in [-0.2, 0) is 10.8 Å². The first kappa shape index (κ1) is 14.7. The molecule has 17 heavy (non-hydrogen) atoms. The predicted octanol–water partition coefficient (Wildman–Crippen LogP) is 3.23. The van der Waals surface area contributed by atoms with E-state index in [1.807, 2.05) is 12.1 Å². The summed E-state index contributed by atoms with van der Waals surface area (Å²) in [7, 11) is -0.898. The second kappa shape index (κ2) is 7.85. The van der Waals surface area contributed by atoms with Crippen LogP contribution >= 0.6 is 11.6 Å². The Balaban J connectivity index is 2.32. The molecule has 1 aromatic rings. The summed E-state index contributed by atoms with van der Waals surface area (Å²) in [5.41, 5.74) is 0. The van der Waals surface area contributed by atoms with Crippen molar-refractivity contribution in [3.05, 3.63) is 29.3 Å². The summed E-state index contributed by atoms with van der Waals surface area (Å²) in [6.45, 7) is 5.25. The highest BCUT2D eigenvalue weighted by Crippen LogP contribution is 2.13. The van der Waals surface area contributed by atoms with Gasteiger partial charge in [-0.1, -0.05) is 18.5 Å². The van der Waals surface area contributed by atoms with Crippen molar-refractivity contribution in [2.45, 2.75) is 37.6 Å². The van der Waals surface area contributed by atoms with Crippen molar-refractivity contribution in [2.24, 2.45) is 0 Å². The second-order valence-corrected chi connectivity index (χ2v) is 6.11. The van der Waals surface area contributed by atoms with Crippen molar-refractivity contribution in [3.63, 3.8) is 0 Å². The van der Waals surface area contributed by atoms with E-state index < -0.39 is 10.8 Å². The molecule has 1 N–H and O–H groups in total. The zero-order chi connectivity index (χ0) is 12.7. The molecule has 1 rings (SSSR count). The fourth-order valence-corrected chi connectivity index (χ4v) is 2.91. The first-order chi connectivity index (χ1) is 8.13. The summed E-state index contributed by atoms with van der Waals surface area (Å²) < 4.78 is 11.9. The van der Waals surface area contributed by atoms with Gasteiger partial charge >= 0.3 is 0 Å². The van der Waals surface area contributed by atoms with E-state index in [-0.39, 0.29) is 0 Å². The molecule has 0 aromatic heterocycles. The van der Waals surface area contributed by atoms with Crippen LogP contribution in [0.5, 0.6) is 0 Å². The van der Waals surface area contributed by atoms with Crippen LogP contribution in [0.4, 0.5) is 0 Å². The smallest absolute Gasteiger partial charge is 0.0529 e. The maximum absolute atomic E-state index is 11.9. The van der Waals surface area contributed by atoms with Gasteiger partial charge in [0, 0.05) is 21.7 Å². The molecule has 4 heteroatoms. The van der Waals surface area contributed by atoms with Crippen LogP contribution in [0, 0.1) is 0 Å². The van der Waals surface area contributed by atoms with Crippen LogP contribution in [0.25, 0.3) is 0 Å². The van der Waals surface area contributed by atoms with Crippen molar-refractivity contribution in [2.75, 3.05) is 12.3 Å². The summed E-state index contributed by atoms with van der Waals surface area (Å²) in [5, 5.41) is 4.04. The molecule has 0 radical (unpaired) electrons. The lowest BCUT2D eigenvalue weighted by atomic mass is 10.2. The molecule has 0 aliphatic carbocycles. The topological polar surface area (TPSA) is 29.1 Å². The quantitative estimate of drug-likeness (QED) is 0.826. The van der Waals surface area contributed by atoms with Gasteiger partial charge < -0.3 is 5.32 Å². The first-order valence-electron chi connectivity index (χ1n) is 6.00. The van der Waals surface area contributed by atoms with E-state index in [9.17, 15) is 4.21 Å². The number of hydrogen-bond donors (Lipinski definition) is 1. The Morgan fingerprint density at radius 3 is 2.59 bits per heavy atom. The fourth-order valence-electron chi connectivity index (χ4n) is 1.68. The van der Waals surface area contributed by atoms with E-state index in [1.54, 1.807) is 12.1 Å². The average Bonchev–Trinajstić information content (AvgIpc) is 2.30. The van der Waals surface area contributed by atoms with E-state index in [4.69, 9.17) is 11.6 Å². The van der Waals surface area contributed by atoms with Gasteiger partial charge in [-0.05, 0) is 50.6 Å². The standard InChI is InChI=1S/C13H20ClNOS/c1-3-15-11(2)5-4-10-17(16)13-8-6-12(14)7-9-13/h6-9,11,15H,3-5,10H2,1-2H3. The summed E-state index contributed by atoms with van der Waals surface area (Å²) in [6.07, 6.45) is 2.04. The first-order valence-corrected chi connectivity index (χ1v) is 7.70. The maximum atomic E-state index is 11.9. The Kier molecular flexibility index (Phi) is 6.78. The van der Waals surface area contributed by atoms with Crippen molar-refractivity contribution < 1.29 is 4.21 Å². The second-order valence-electron chi connectivity index (χ2n) is 4.10. The van der Waals surface area contributed by atoms with E-state index in [2.05, 4.69) is 19.2 Å². The van der Waals surface area contributed by atoms with E-state index >= 15 is 0 Å². The van der Waals surface area contributed by atoms with Crippen LogP contribution < -0.4 is 5.32 Å². The Bertz CT molecular complexity index is 353. The van der Waals surface area contributed by atoms with E-state index in [1.165, 1.54) is 0 Å². The number of halogens is 1. The molecule has 2 nitrogen and oxygen atoms in total. The van der Waals surface area contributed by atoms with Gasteiger partial charge in [0.25, 0.3) is 0 Å². The van der Waals surface area contributed by atoms with Gasteiger partial charge in [-0.25, -0.2) is 0 Å². The van der Waals surface area contributed by atoms with Crippen molar-refractivity contribution in [3.8, 4) is 0 Å². The molecule has 0 fully saturated rings. The van der Waals surface area contributed by atoms with Gasteiger partial charge in [-0.3, -0.25) is 4.21 Å². The molecular formula is C13H20ClNOS. The third kappa shape index (κ3) is 5.66. The minimum Gasteiger partial charge on any atom is -0.315 e. The third-order valence-corrected chi connectivity index (χ3v) is 4.31. The van der Waals surface area contributed by atoms with Gasteiger partial charge in [0.1, 0.15) is 0 Å². The third-order valence-electron chi connectivity index (χ3n) is 2.60. The van der Waals surface area contributed by atoms with Crippen LogP contribution in [0.3, 0.4) is 0 Å². The molecule has 0 saturated heterocycles. The molecule has 0 spiro atoms. The highest BCUT2D eigenvalue weighted by atomic mass is 35.5. The highest BCUT2D eigenvalue weighted by molar-refractivity contribution is 7.85. The molecule has 96 valence electrons. The fraction of sp³-hybridized carbons (Fsp3) is 0.538. The number of hydrogen-bond acceptors (Lipinski definition) is 2. The SMILES string of the molecule is CCNC(C)CCCS(=O)c1ccc(Cl)cc1. The van der Waals surface area contributed by atoms with Crippen LogP contribution in [0.1, 0.15) is 26.7 Å². The Hall–Kier alpha value is -0.380. The number of rotatable bonds is 7. The molecule has 0 bridgehead atoms. The summed E-state index contributed by atoms with van der Waals surface area (Å²) in [5.74, 6) is 0.720. The van der Waals surface area contributed by atoms with E-state index in [0.717, 1.165) is 30.0 Å². The minimum atomic E-state index is -0.898. The number of nitrogens with one attached hydrogen (secondary N) is 1. The van der Waals surface area contributed by atoms with Crippen molar-refractivity contribution in [1.82, 2.24) is 5.32 Å². The average molecular weight is 274 g/mol. The van der Waals surface area contributed by atoms with E-state index in [0.29, 0.717) is 11.1 Å². The lowest BCUT2D eigenvalue weighted by Gasteiger charge is -2.11. The summed E-state index contributed by atoms with van der Waals surface area (Å²) in [4.78, 5) is 0.866. The van der Waals surface area contributed by atoms with Crippen LogP contribution in [-0.4, -0.2) is 22.5 Å². The summed E-state index contributed by atoms with van der Waals surface area (Å²) >= 11 is 5.79. The zero-order valence-electron chi connectivity index (χ0n) is 10.4. The van der Waals surface area contributed by atoms with Gasteiger partial charge in [0.2, 0.25) is 0 Å². The zero-order valence-corrected chi connectivity index (χ0v) is 12.0. The van der Waals surface area contributed by atoms with Gasteiger partial charge in [0.05, 0.1) is 10.8 Å². The van der Waals surface area contributed by atoms with Gasteiger partial charge in [-0.15, -0.1) is 0 Å². The summed E-state index contributed by atoms with van der Waals surface area (Å²) in [6, 6.07) is 7.76. The predicted molar refractivity (Wildman–Crippen MR) is 75.1 cm³/mol. The Morgan fingerprint density at radius 1 is 1.35 bits per heavy atom. The molecule has 0 amide bonds. The molecule has 2 atom stereocenters. The maximum Gasteiger partial charge on any atom is 0.0529 e. The lowest BCUT2D eigenvalue weighted by molar-refractivity contribution is 0.525. The van der Waals surface area contributed by atoms with Gasteiger partial charge in [-0.2, -0.15) is 0 Å². The van der Waals surface area contributed by atoms with Crippen molar-refractivity contribution >= 4 is 22.4 Å². The van der Waals surface area contributed by atoms with Crippen LogP contribution in [0.15, 0.2) is 29.2 Å². The Labute approximate surface area is 111 Å². The molecule has 0 aliphatic rings. The lowest BCUT2D eigenvalue weighted by Crippen LogP contribution is -2.25. The number of benzene rings is 1. The van der Waals surface area contributed by atoms with Gasteiger partial charge in [0.15, 0.2) is 0 Å². The molecule has 0 saturated carbocycles. The highest BCUT2D eigenvalue weighted by Gasteiger charge is 2.05. The Morgan fingerprint density at radius 2 is 2.00 bits per heavy atom. The molecular weight excluding hydrogens is 254 g/mol. The monoisotopic (exact) mass is 273 g/mol. The van der Waals surface area contributed by atoms with Crippen LogP contribution in [0.2, 0.25) is 5.02 Å². The molecule has 0 heterocycles. The molecule has 1 aromatic carbocycles. The normalized spacial score (nSPS) is 14.5. The van der Waals surface area contributed by atoms with Crippen molar-refractivity contribution in [1.29, 1.82) is 0 Å².